The largest absolute Gasteiger partial charge is 0.444 e. The molecule has 1 atom stereocenters. The van der Waals surface area contributed by atoms with Gasteiger partial charge in [-0.15, -0.1) is 0 Å². The molecular weight excluding hydrogens is 326 g/mol. The highest BCUT2D eigenvalue weighted by Gasteiger charge is 2.47. The number of hydrogen-bond donors (Lipinski definition) is 4. The molecule has 0 spiro atoms. The molecular formula is C17H15N3O5. The summed E-state index contributed by atoms with van der Waals surface area (Å²) in [4.78, 5) is 35.2. The number of carbonyl (C=O) groups is 3. The average Bonchev–Trinajstić information content (AvgIpc) is 2.87. The van der Waals surface area contributed by atoms with E-state index in [2.05, 4.69) is 10.6 Å². The van der Waals surface area contributed by atoms with Crippen LogP contribution < -0.4 is 16.0 Å². The summed E-state index contributed by atoms with van der Waals surface area (Å²) in [7, 11) is 0. The number of carbonyl (C=O) groups excluding carboxylic acids is 3. The molecule has 1 unspecified atom stereocenters. The number of ether oxygens (including phenoxy) is 1. The van der Waals surface area contributed by atoms with E-state index in [-0.39, 0.29) is 17.9 Å². The van der Waals surface area contributed by atoms with Crippen molar-refractivity contribution in [2.24, 2.45) is 0 Å². The lowest BCUT2D eigenvalue weighted by Crippen LogP contribution is -2.44. The maximum absolute atomic E-state index is 12.0. The molecule has 0 aromatic heterocycles. The van der Waals surface area contributed by atoms with Gasteiger partial charge >= 0.3 is 12.1 Å². The van der Waals surface area contributed by atoms with Crippen molar-refractivity contribution in [2.75, 3.05) is 5.32 Å². The fraction of sp³-hybridized carbons (Fsp3) is 0.118. The molecule has 25 heavy (non-hydrogen) atoms. The lowest BCUT2D eigenvalue weighted by atomic mass is 10.0. The van der Waals surface area contributed by atoms with Crippen LogP contribution in [0.1, 0.15) is 11.1 Å². The van der Waals surface area contributed by atoms with Crippen molar-refractivity contribution >= 4 is 23.7 Å². The van der Waals surface area contributed by atoms with E-state index in [1.807, 2.05) is 35.6 Å². The number of anilines is 1. The fourth-order valence-corrected chi connectivity index (χ4v) is 2.41. The first kappa shape index (κ1) is 16.5. The van der Waals surface area contributed by atoms with Crippen molar-refractivity contribution in [2.45, 2.75) is 12.3 Å². The summed E-state index contributed by atoms with van der Waals surface area (Å²) in [5.41, 5.74) is -1.29. The van der Waals surface area contributed by atoms with E-state index < -0.39 is 23.8 Å². The van der Waals surface area contributed by atoms with E-state index in [4.69, 9.17) is 4.74 Å². The van der Waals surface area contributed by atoms with Gasteiger partial charge in [0.2, 0.25) is 5.72 Å². The van der Waals surface area contributed by atoms with Gasteiger partial charge in [0.05, 0.1) is 5.69 Å². The molecule has 2 aromatic rings. The SMILES string of the molecule is O=C1NC(=O)C(O)(c2ccccc2NC(=O)OCc2ccccc2)N1. The predicted molar refractivity (Wildman–Crippen MR) is 87.3 cm³/mol. The minimum atomic E-state index is -2.26. The third-order valence-corrected chi connectivity index (χ3v) is 3.62. The predicted octanol–water partition coefficient (Wildman–Crippen LogP) is 1.42. The van der Waals surface area contributed by atoms with E-state index in [0.717, 1.165) is 5.56 Å². The third kappa shape index (κ3) is 3.43. The second-order valence-electron chi connectivity index (χ2n) is 5.35. The fourth-order valence-electron chi connectivity index (χ4n) is 2.41. The van der Waals surface area contributed by atoms with Gasteiger partial charge in [0.15, 0.2) is 0 Å². The van der Waals surface area contributed by atoms with Gasteiger partial charge in [-0.3, -0.25) is 20.7 Å². The zero-order valence-corrected chi connectivity index (χ0v) is 13.0. The smallest absolute Gasteiger partial charge is 0.411 e. The number of urea groups is 1. The summed E-state index contributed by atoms with van der Waals surface area (Å²) in [6.07, 6.45) is -0.760. The van der Waals surface area contributed by atoms with Crippen LogP contribution in [0.25, 0.3) is 0 Å². The number of rotatable bonds is 4. The highest BCUT2D eigenvalue weighted by molar-refractivity contribution is 6.07. The second kappa shape index (κ2) is 6.62. The summed E-state index contributed by atoms with van der Waals surface area (Å²) in [6.45, 7) is 0.0658. The van der Waals surface area contributed by atoms with E-state index in [1.54, 1.807) is 12.1 Å². The number of imide groups is 1. The summed E-state index contributed by atoms with van der Waals surface area (Å²) in [6, 6.07) is 14.3. The van der Waals surface area contributed by atoms with Gasteiger partial charge in [0.1, 0.15) is 6.61 Å². The Balaban J connectivity index is 1.74. The van der Waals surface area contributed by atoms with Gasteiger partial charge in [0.25, 0.3) is 5.91 Å². The van der Waals surface area contributed by atoms with Gasteiger partial charge in [-0.1, -0.05) is 48.5 Å². The van der Waals surface area contributed by atoms with Gasteiger partial charge in [-0.25, -0.2) is 9.59 Å². The summed E-state index contributed by atoms with van der Waals surface area (Å²) < 4.78 is 5.11. The molecule has 0 radical (unpaired) electrons. The van der Waals surface area contributed by atoms with Crippen LogP contribution in [-0.4, -0.2) is 23.1 Å². The Hall–Kier alpha value is -3.39. The van der Waals surface area contributed by atoms with Crippen LogP contribution in [-0.2, 0) is 21.9 Å². The summed E-state index contributed by atoms with van der Waals surface area (Å²) in [5.74, 6) is -0.926. The third-order valence-electron chi connectivity index (χ3n) is 3.62. The molecule has 4 amide bonds. The molecule has 8 nitrogen and oxygen atoms in total. The maximum atomic E-state index is 12.0. The van der Waals surface area contributed by atoms with Crippen LogP contribution in [0.15, 0.2) is 54.6 Å². The first-order valence-electron chi connectivity index (χ1n) is 7.42. The van der Waals surface area contributed by atoms with Crippen molar-refractivity contribution < 1.29 is 24.2 Å². The average molecular weight is 341 g/mol. The molecule has 1 fully saturated rings. The van der Waals surface area contributed by atoms with Gasteiger partial charge in [-0.05, 0) is 11.6 Å². The van der Waals surface area contributed by atoms with Crippen LogP contribution in [0.3, 0.4) is 0 Å². The highest BCUT2D eigenvalue weighted by atomic mass is 16.5. The van der Waals surface area contributed by atoms with E-state index in [0.29, 0.717) is 0 Å². The number of para-hydroxylation sites is 1. The van der Waals surface area contributed by atoms with Crippen LogP contribution in [0.4, 0.5) is 15.3 Å². The monoisotopic (exact) mass is 341 g/mol. The number of benzene rings is 2. The first-order valence-corrected chi connectivity index (χ1v) is 7.42. The van der Waals surface area contributed by atoms with E-state index in [1.165, 1.54) is 12.1 Å². The molecule has 2 aromatic carbocycles. The molecule has 0 saturated carbocycles. The molecule has 1 aliphatic heterocycles. The number of hydrogen-bond acceptors (Lipinski definition) is 5. The molecule has 128 valence electrons. The lowest BCUT2D eigenvalue weighted by molar-refractivity contribution is -0.137. The van der Waals surface area contributed by atoms with E-state index >= 15 is 0 Å². The molecule has 3 rings (SSSR count). The second-order valence-corrected chi connectivity index (χ2v) is 5.35. The molecule has 0 bridgehead atoms. The van der Waals surface area contributed by atoms with Crippen LogP contribution >= 0.6 is 0 Å². The van der Waals surface area contributed by atoms with Crippen molar-refractivity contribution in [3.8, 4) is 0 Å². The number of aliphatic hydroxyl groups is 1. The summed E-state index contributed by atoms with van der Waals surface area (Å²) >= 11 is 0. The van der Waals surface area contributed by atoms with Crippen molar-refractivity contribution in [1.29, 1.82) is 0 Å². The molecule has 1 aliphatic rings. The highest BCUT2D eigenvalue weighted by Crippen LogP contribution is 2.28. The Morgan fingerprint density at radius 3 is 2.44 bits per heavy atom. The van der Waals surface area contributed by atoms with Crippen LogP contribution in [0.5, 0.6) is 0 Å². The number of nitrogens with one attached hydrogen (secondary N) is 3. The molecule has 4 N–H and O–H groups in total. The Bertz CT molecular complexity index is 824. The van der Waals surface area contributed by atoms with Crippen molar-refractivity contribution in [1.82, 2.24) is 10.6 Å². The summed E-state index contributed by atoms with van der Waals surface area (Å²) in [5, 5.41) is 17.0. The van der Waals surface area contributed by atoms with Crippen molar-refractivity contribution in [3.63, 3.8) is 0 Å². The Morgan fingerprint density at radius 2 is 1.76 bits per heavy atom. The van der Waals surface area contributed by atoms with Crippen LogP contribution in [0, 0.1) is 0 Å². The van der Waals surface area contributed by atoms with Crippen molar-refractivity contribution in [3.05, 3.63) is 65.7 Å². The molecule has 8 heteroatoms. The zero-order chi connectivity index (χ0) is 17.9. The number of amides is 4. The van der Waals surface area contributed by atoms with E-state index in [9.17, 15) is 19.5 Å². The van der Waals surface area contributed by atoms with Gasteiger partial charge < -0.3 is 9.84 Å². The Labute approximate surface area is 142 Å². The Morgan fingerprint density at radius 1 is 1.08 bits per heavy atom. The van der Waals surface area contributed by atoms with Gasteiger partial charge in [-0.2, -0.15) is 0 Å². The topological polar surface area (TPSA) is 117 Å². The van der Waals surface area contributed by atoms with Crippen LogP contribution in [0.2, 0.25) is 0 Å². The standard InChI is InChI=1S/C17H15N3O5/c21-14-17(24,20-15(22)19-14)12-8-4-5-9-13(12)18-16(23)25-10-11-6-2-1-3-7-11/h1-9,24H,10H2,(H,18,23)(H2,19,20,21,22). The minimum Gasteiger partial charge on any atom is -0.444 e. The molecule has 1 saturated heterocycles. The zero-order valence-electron chi connectivity index (χ0n) is 13.0. The lowest BCUT2D eigenvalue weighted by Gasteiger charge is -2.22. The first-order chi connectivity index (χ1) is 12.0. The molecule has 1 heterocycles. The molecule has 0 aliphatic carbocycles. The van der Waals surface area contributed by atoms with Gasteiger partial charge in [0, 0.05) is 5.56 Å². The maximum Gasteiger partial charge on any atom is 0.411 e. The quantitative estimate of drug-likeness (QED) is 0.628. The normalized spacial score (nSPS) is 19.1. The minimum absolute atomic E-state index is 0.0232. The Kier molecular flexibility index (Phi) is 4.36.